The number of carbonyl (C=O) groups excluding carboxylic acids is 2. The van der Waals surface area contributed by atoms with Crippen LogP contribution in [-0.2, 0) is 21.6 Å². The van der Waals surface area contributed by atoms with E-state index in [1.807, 2.05) is 6.92 Å². The molecule has 2 aliphatic heterocycles. The fourth-order valence-corrected chi connectivity index (χ4v) is 7.05. The third-order valence-corrected chi connectivity index (χ3v) is 9.59. The summed E-state index contributed by atoms with van der Waals surface area (Å²) < 4.78 is 67.6. The van der Waals surface area contributed by atoms with Gasteiger partial charge in [-0.15, -0.1) is 11.3 Å². The second-order valence-corrected chi connectivity index (χ2v) is 12.6. The minimum atomic E-state index is -3.06. The Balaban J connectivity index is 1.40. The van der Waals surface area contributed by atoms with E-state index in [1.165, 1.54) is 42.6 Å². The number of nitrogens with zero attached hydrogens (tertiary/aromatic N) is 4. The van der Waals surface area contributed by atoms with E-state index < -0.39 is 42.7 Å². The van der Waals surface area contributed by atoms with Crippen molar-refractivity contribution in [3.8, 4) is 17.2 Å². The van der Waals surface area contributed by atoms with Crippen LogP contribution in [0.1, 0.15) is 44.8 Å². The molecule has 0 saturated carbocycles. The number of benzene rings is 2. The van der Waals surface area contributed by atoms with Gasteiger partial charge in [0, 0.05) is 28.5 Å². The minimum Gasteiger partial charge on any atom is -0.497 e. The van der Waals surface area contributed by atoms with Crippen molar-refractivity contribution in [1.29, 1.82) is 0 Å². The third-order valence-electron chi connectivity index (χ3n) is 8.60. The number of aliphatic imine (C=N–C) groups is 1. The number of anilines is 1. The van der Waals surface area contributed by atoms with Gasteiger partial charge in [-0.25, -0.2) is 19.4 Å². The molecule has 1 saturated heterocycles. The molecule has 0 unspecified atom stereocenters. The molecule has 12 nitrogen and oxygen atoms in total. The lowest BCUT2D eigenvalue weighted by Gasteiger charge is -2.47. The largest absolute Gasteiger partial charge is 0.497 e. The maximum absolute atomic E-state index is 14.7. The first-order chi connectivity index (χ1) is 24.6. The van der Waals surface area contributed by atoms with E-state index in [2.05, 4.69) is 15.0 Å². The van der Waals surface area contributed by atoms with Crippen LogP contribution in [0.3, 0.4) is 0 Å². The number of hydrogen-bond acceptors (Lipinski definition) is 11. The summed E-state index contributed by atoms with van der Waals surface area (Å²) in [6, 6.07) is 15.9. The summed E-state index contributed by atoms with van der Waals surface area (Å²) >= 11 is 1.18. The highest BCUT2D eigenvalue weighted by Crippen LogP contribution is 2.48. The molecule has 0 bridgehead atoms. The van der Waals surface area contributed by atoms with Crippen molar-refractivity contribution in [2.45, 2.75) is 44.2 Å². The summed E-state index contributed by atoms with van der Waals surface area (Å²) in [5.74, 6) is -0.676. The Morgan fingerprint density at radius 2 is 1.88 bits per heavy atom. The number of aromatic nitrogens is 2. The van der Waals surface area contributed by atoms with E-state index >= 15 is 0 Å². The molecule has 4 atom stereocenters. The highest BCUT2D eigenvalue weighted by Gasteiger charge is 2.55. The van der Waals surface area contributed by atoms with E-state index in [0.717, 1.165) is 6.20 Å². The van der Waals surface area contributed by atoms with E-state index in [0.29, 0.717) is 34.1 Å². The highest BCUT2D eigenvalue weighted by molar-refractivity contribution is 7.10. The van der Waals surface area contributed by atoms with Crippen molar-refractivity contribution in [1.82, 2.24) is 15.3 Å². The molecule has 16 heteroatoms. The first-order valence-electron chi connectivity index (χ1n) is 15.8. The second kappa shape index (κ2) is 15.3. The number of carbonyl (C=O) groups is 2. The van der Waals surface area contributed by atoms with E-state index in [4.69, 9.17) is 28.9 Å². The molecule has 4 aromatic rings. The Hall–Kier alpha value is -5.22. The van der Waals surface area contributed by atoms with Gasteiger partial charge in [-0.05, 0) is 49.7 Å². The Bertz CT molecular complexity index is 1880. The van der Waals surface area contributed by atoms with Crippen LogP contribution in [0.15, 0.2) is 77.2 Å². The number of ether oxygens (including phenoxy) is 5. The summed E-state index contributed by atoms with van der Waals surface area (Å²) in [5.41, 5.74) is -0.399. The van der Waals surface area contributed by atoms with E-state index in [-0.39, 0.29) is 42.5 Å². The Morgan fingerprint density at radius 3 is 2.57 bits per heavy atom. The van der Waals surface area contributed by atoms with Crippen LogP contribution in [-0.4, -0.2) is 74.1 Å². The zero-order chi connectivity index (χ0) is 36.1. The average molecular weight is 726 g/mol. The number of fused-ring (bicyclic) bond motifs is 1. The smallest absolute Gasteiger partial charge is 0.387 e. The van der Waals surface area contributed by atoms with Crippen molar-refractivity contribution in [2.24, 2.45) is 10.9 Å². The SMILES string of the molecule is COc1ccc(CN(C(=O)c2ccc(OC(F)F)cn2)c2csc([C@]34CO[C@@H](C)C[C@H]3[C@@H](CF)OC(NC(=O)c3ccccc3)=N4)n2)c(OC)c1. The van der Waals surface area contributed by atoms with Crippen LogP contribution >= 0.6 is 11.3 Å². The van der Waals surface area contributed by atoms with Gasteiger partial charge in [0.05, 0.1) is 39.7 Å². The van der Waals surface area contributed by atoms with Crippen molar-refractivity contribution in [3.63, 3.8) is 0 Å². The number of methoxy groups -OCH3 is 2. The molecule has 0 aliphatic carbocycles. The van der Waals surface area contributed by atoms with Gasteiger partial charge in [0.1, 0.15) is 52.1 Å². The van der Waals surface area contributed by atoms with Crippen molar-refractivity contribution < 1.29 is 46.4 Å². The number of amides is 2. The fraction of sp³-hybridized carbons (Fsp3) is 0.343. The molecule has 1 fully saturated rings. The van der Waals surface area contributed by atoms with Crippen LogP contribution in [0.5, 0.6) is 17.2 Å². The zero-order valence-electron chi connectivity index (χ0n) is 27.8. The molecular weight excluding hydrogens is 691 g/mol. The molecule has 2 aromatic heterocycles. The first kappa shape index (κ1) is 35.6. The van der Waals surface area contributed by atoms with Gasteiger partial charge in [0.25, 0.3) is 17.8 Å². The van der Waals surface area contributed by atoms with Crippen molar-refractivity contribution >= 4 is 35.0 Å². The molecule has 2 aliphatic rings. The average Bonchev–Trinajstić information content (AvgIpc) is 3.64. The van der Waals surface area contributed by atoms with Crippen molar-refractivity contribution in [2.75, 3.05) is 32.4 Å². The lowest BCUT2D eigenvalue weighted by molar-refractivity contribution is -0.102. The van der Waals surface area contributed by atoms with Crippen LogP contribution in [0.2, 0.25) is 0 Å². The second-order valence-electron chi connectivity index (χ2n) is 11.8. The highest BCUT2D eigenvalue weighted by atomic mass is 32.1. The number of amidine groups is 1. The predicted octanol–water partition coefficient (Wildman–Crippen LogP) is 5.78. The Kier molecular flexibility index (Phi) is 10.7. The summed E-state index contributed by atoms with van der Waals surface area (Å²) in [5, 5.41) is 4.72. The Labute approximate surface area is 295 Å². The van der Waals surface area contributed by atoms with Crippen LogP contribution in [0, 0.1) is 5.92 Å². The number of rotatable bonds is 11. The minimum absolute atomic E-state index is 0.00373. The monoisotopic (exact) mass is 725 g/mol. The number of thiazole rings is 1. The summed E-state index contributed by atoms with van der Waals surface area (Å²) in [6.07, 6.45) is 0.197. The van der Waals surface area contributed by atoms with Gasteiger partial charge in [0.2, 0.25) is 0 Å². The normalized spacial score (nSPS) is 21.2. The van der Waals surface area contributed by atoms with Gasteiger partial charge in [-0.3, -0.25) is 19.8 Å². The number of pyridine rings is 1. The molecule has 1 N–H and O–H groups in total. The van der Waals surface area contributed by atoms with E-state index in [1.54, 1.807) is 53.9 Å². The molecule has 51 heavy (non-hydrogen) atoms. The molecule has 2 amide bonds. The number of nitrogens with one attached hydrogen (secondary N) is 1. The van der Waals surface area contributed by atoms with Crippen LogP contribution < -0.4 is 24.4 Å². The number of hydrogen-bond donors (Lipinski definition) is 1. The summed E-state index contributed by atoms with van der Waals surface area (Å²) in [7, 11) is 3.00. The van der Waals surface area contributed by atoms with Gasteiger partial charge in [-0.1, -0.05) is 18.2 Å². The fourth-order valence-electron chi connectivity index (χ4n) is 6.04. The molecule has 6 rings (SSSR count). The summed E-state index contributed by atoms with van der Waals surface area (Å²) in [6.45, 7) is -2.10. The number of halogens is 3. The van der Waals surface area contributed by atoms with E-state index in [9.17, 15) is 22.8 Å². The molecule has 268 valence electrons. The topological polar surface area (TPSA) is 134 Å². The first-order valence-corrected chi connectivity index (χ1v) is 16.7. The van der Waals surface area contributed by atoms with Gasteiger partial charge in [-0.2, -0.15) is 8.78 Å². The molecule has 2 aromatic carbocycles. The predicted molar refractivity (Wildman–Crippen MR) is 180 cm³/mol. The van der Waals surface area contributed by atoms with Crippen LogP contribution in [0.4, 0.5) is 19.0 Å². The van der Waals surface area contributed by atoms with Crippen molar-refractivity contribution in [3.05, 3.63) is 94.1 Å². The maximum atomic E-state index is 14.7. The number of alkyl halides is 3. The Morgan fingerprint density at radius 1 is 1.10 bits per heavy atom. The summed E-state index contributed by atoms with van der Waals surface area (Å²) in [4.78, 5) is 42.4. The van der Waals surface area contributed by atoms with Crippen LogP contribution in [0.25, 0.3) is 0 Å². The molecule has 0 spiro atoms. The standard InChI is InChI=1S/C35H34F3N5O7S/c1-20-13-25-28(15-36)50-34(41-30(44)21-7-5-4-6-8-21)42-35(25,19-48-20)32-40-29(18-51-32)43(17-22-9-10-23(46-2)14-27(22)47-3)31(45)26-12-11-24(16-39-26)49-33(37)38/h4-12,14,16,18,20,25,28,33H,13,15,17,19H2,1-3H3,(H,41,42,44)/t20-,25-,28+,35-/m0/s1. The molecule has 4 heterocycles. The lowest BCUT2D eigenvalue weighted by Crippen LogP contribution is -2.57. The molecular formula is C35H34F3N5O7S. The van der Waals surface area contributed by atoms with Gasteiger partial charge in [0.15, 0.2) is 0 Å². The van der Waals surface area contributed by atoms with Gasteiger partial charge >= 0.3 is 6.61 Å². The van der Waals surface area contributed by atoms with Gasteiger partial charge < -0.3 is 23.7 Å². The zero-order valence-corrected chi connectivity index (χ0v) is 28.6. The maximum Gasteiger partial charge on any atom is 0.387 e. The molecule has 0 radical (unpaired) electrons. The quantitative estimate of drug-likeness (QED) is 0.204. The third kappa shape index (κ3) is 7.61. The lowest BCUT2D eigenvalue weighted by atomic mass is 9.75.